The number of ether oxygens (including phenoxy) is 1. The van der Waals surface area contributed by atoms with Gasteiger partial charge in [0, 0.05) is 18.7 Å². The van der Waals surface area contributed by atoms with Crippen molar-refractivity contribution in [3.8, 4) is 17.1 Å². The third-order valence-corrected chi connectivity index (χ3v) is 6.93. The first-order valence-electron chi connectivity index (χ1n) is 12.7. The van der Waals surface area contributed by atoms with Crippen molar-refractivity contribution in [2.24, 2.45) is 5.10 Å². The van der Waals surface area contributed by atoms with E-state index in [9.17, 15) is 9.18 Å². The van der Waals surface area contributed by atoms with Crippen molar-refractivity contribution in [2.75, 3.05) is 25.1 Å². The molecular formula is C30H31FN4O2. The zero-order chi connectivity index (χ0) is 26.1. The number of halogens is 1. The van der Waals surface area contributed by atoms with Crippen LogP contribution in [0.25, 0.3) is 22.3 Å². The number of hydrogen-bond acceptors (Lipinski definition) is 5. The van der Waals surface area contributed by atoms with Gasteiger partial charge in [0.2, 0.25) is 0 Å². The summed E-state index contributed by atoms with van der Waals surface area (Å²) in [6.45, 7) is 7.88. The van der Waals surface area contributed by atoms with Crippen LogP contribution in [0.2, 0.25) is 0 Å². The predicted octanol–water partition coefficient (Wildman–Crippen LogP) is 6.13. The van der Waals surface area contributed by atoms with Gasteiger partial charge in [-0.25, -0.2) is 9.37 Å². The van der Waals surface area contributed by atoms with Crippen LogP contribution in [0.3, 0.4) is 0 Å². The van der Waals surface area contributed by atoms with Crippen LogP contribution in [0.1, 0.15) is 49.3 Å². The number of anilines is 1. The molecule has 0 amide bonds. The van der Waals surface area contributed by atoms with Crippen LogP contribution in [0.5, 0.6) is 5.75 Å². The largest absolute Gasteiger partial charge is 0.496 e. The molecular weight excluding hydrogens is 467 g/mol. The minimum Gasteiger partial charge on any atom is -0.496 e. The van der Waals surface area contributed by atoms with Gasteiger partial charge < -0.3 is 9.64 Å². The van der Waals surface area contributed by atoms with Gasteiger partial charge in [-0.1, -0.05) is 32.0 Å². The standard InChI is InChI=1S/C30H31FN4O2/c1-19(2)23-17-24(20(3)15-28(23)37-4)29-33-26-10-6-5-9-22(26)30(36)35(29)32-18-21-11-12-27(25(31)16-21)34-13-7-8-14-34/h5-6,9-12,15-19H,7-8,13-14H2,1-4H3. The zero-order valence-electron chi connectivity index (χ0n) is 21.7. The summed E-state index contributed by atoms with van der Waals surface area (Å²) in [5.41, 5.74) is 4.20. The topological polar surface area (TPSA) is 59.7 Å². The molecule has 6 nitrogen and oxygen atoms in total. The van der Waals surface area contributed by atoms with E-state index in [1.807, 2.05) is 37.3 Å². The molecule has 0 aliphatic carbocycles. The Morgan fingerprint density at radius 2 is 1.84 bits per heavy atom. The Morgan fingerprint density at radius 3 is 2.54 bits per heavy atom. The maximum Gasteiger partial charge on any atom is 0.282 e. The number of aromatic nitrogens is 2. The summed E-state index contributed by atoms with van der Waals surface area (Å²) in [4.78, 5) is 20.5. The molecule has 3 aromatic carbocycles. The molecule has 0 bridgehead atoms. The molecule has 0 spiro atoms. The van der Waals surface area contributed by atoms with Crippen LogP contribution in [0.15, 0.2) is 64.5 Å². The van der Waals surface area contributed by atoms with Crippen LogP contribution >= 0.6 is 0 Å². The molecule has 0 radical (unpaired) electrons. The molecule has 0 N–H and O–H groups in total. The highest BCUT2D eigenvalue weighted by molar-refractivity contribution is 5.83. The lowest BCUT2D eigenvalue weighted by atomic mass is 9.96. The van der Waals surface area contributed by atoms with E-state index >= 15 is 0 Å². The number of nitrogens with zero attached hydrogens (tertiary/aromatic N) is 4. The molecule has 5 rings (SSSR count). The summed E-state index contributed by atoms with van der Waals surface area (Å²) in [6.07, 6.45) is 3.67. The fourth-order valence-corrected chi connectivity index (χ4v) is 4.91. The van der Waals surface area contributed by atoms with Crippen molar-refractivity contribution in [3.63, 3.8) is 0 Å². The van der Waals surface area contributed by atoms with Crippen molar-refractivity contribution >= 4 is 22.8 Å². The first-order valence-corrected chi connectivity index (χ1v) is 12.7. The molecule has 0 unspecified atom stereocenters. The Kier molecular flexibility index (Phi) is 6.78. The lowest BCUT2D eigenvalue weighted by molar-refractivity contribution is 0.407. The number of methoxy groups -OCH3 is 1. The molecule has 1 aliphatic rings. The monoisotopic (exact) mass is 498 g/mol. The third kappa shape index (κ3) is 4.73. The second-order valence-electron chi connectivity index (χ2n) is 9.78. The third-order valence-electron chi connectivity index (χ3n) is 6.93. The summed E-state index contributed by atoms with van der Waals surface area (Å²) < 4.78 is 21.8. The number of benzene rings is 3. The average molecular weight is 499 g/mol. The van der Waals surface area contributed by atoms with E-state index in [-0.39, 0.29) is 17.3 Å². The maximum atomic E-state index is 14.9. The van der Waals surface area contributed by atoms with Gasteiger partial charge in [0.05, 0.1) is 29.9 Å². The fourth-order valence-electron chi connectivity index (χ4n) is 4.91. The first-order chi connectivity index (χ1) is 17.9. The van der Waals surface area contributed by atoms with Crippen LogP contribution in [-0.2, 0) is 0 Å². The lowest BCUT2D eigenvalue weighted by Crippen LogP contribution is -2.21. The molecule has 1 fully saturated rings. The summed E-state index contributed by atoms with van der Waals surface area (Å²) in [5, 5.41) is 5.00. The normalized spacial score (nSPS) is 13.8. The molecule has 1 aliphatic heterocycles. The minimum absolute atomic E-state index is 0.204. The molecule has 4 aromatic rings. The summed E-state index contributed by atoms with van der Waals surface area (Å²) in [5.74, 6) is 1.14. The summed E-state index contributed by atoms with van der Waals surface area (Å²) in [7, 11) is 1.66. The fraction of sp³-hybridized carbons (Fsp3) is 0.300. The summed E-state index contributed by atoms with van der Waals surface area (Å²) in [6, 6.07) is 16.3. The highest BCUT2D eigenvalue weighted by Gasteiger charge is 2.19. The van der Waals surface area contributed by atoms with E-state index in [2.05, 4.69) is 23.8 Å². The van der Waals surface area contributed by atoms with Crippen molar-refractivity contribution in [3.05, 3.63) is 87.5 Å². The SMILES string of the molecule is COc1cc(C)c(-c2nc3ccccc3c(=O)n2N=Cc2ccc(N3CCCC3)c(F)c2)cc1C(C)C. The smallest absolute Gasteiger partial charge is 0.282 e. The molecule has 0 atom stereocenters. The van der Waals surface area contributed by atoms with Crippen molar-refractivity contribution < 1.29 is 9.13 Å². The van der Waals surface area contributed by atoms with Gasteiger partial charge in [-0.05, 0) is 78.8 Å². The average Bonchev–Trinajstić information content (AvgIpc) is 3.42. The summed E-state index contributed by atoms with van der Waals surface area (Å²) >= 11 is 0. The minimum atomic E-state index is -0.289. The van der Waals surface area contributed by atoms with Gasteiger partial charge in [-0.3, -0.25) is 4.79 Å². The molecule has 7 heteroatoms. The molecule has 0 saturated carbocycles. The Hall–Kier alpha value is -4.00. The van der Waals surface area contributed by atoms with Gasteiger partial charge in [-0.2, -0.15) is 9.78 Å². The molecule has 37 heavy (non-hydrogen) atoms. The van der Waals surface area contributed by atoms with Gasteiger partial charge in [0.1, 0.15) is 11.6 Å². The highest BCUT2D eigenvalue weighted by Crippen LogP contribution is 2.34. The first kappa shape index (κ1) is 24.7. The van der Waals surface area contributed by atoms with Crippen molar-refractivity contribution in [1.82, 2.24) is 9.66 Å². The molecule has 190 valence electrons. The second kappa shape index (κ2) is 10.2. The van der Waals surface area contributed by atoms with Crippen molar-refractivity contribution in [1.29, 1.82) is 0 Å². The Bertz CT molecular complexity index is 1550. The van der Waals surface area contributed by atoms with Crippen molar-refractivity contribution in [2.45, 2.75) is 39.5 Å². The Labute approximate surface area is 216 Å². The number of aryl methyl sites for hydroxylation is 1. The van der Waals surface area contributed by atoms with Gasteiger partial charge >= 0.3 is 0 Å². The Morgan fingerprint density at radius 1 is 1.08 bits per heavy atom. The van der Waals surface area contributed by atoms with E-state index in [4.69, 9.17) is 9.72 Å². The van der Waals surface area contributed by atoms with Crippen LogP contribution in [0.4, 0.5) is 10.1 Å². The predicted molar refractivity (Wildman–Crippen MR) is 148 cm³/mol. The Balaban J connectivity index is 1.65. The van der Waals surface area contributed by atoms with E-state index in [0.29, 0.717) is 28.0 Å². The number of hydrogen-bond donors (Lipinski definition) is 0. The van der Waals surface area contributed by atoms with Crippen LogP contribution in [0, 0.1) is 12.7 Å². The van der Waals surface area contributed by atoms with Gasteiger partial charge in [0.15, 0.2) is 5.82 Å². The lowest BCUT2D eigenvalue weighted by Gasteiger charge is -2.18. The van der Waals surface area contributed by atoms with Gasteiger partial charge in [-0.15, -0.1) is 0 Å². The van der Waals surface area contributed by atoms with E-state index in [0.717, 1.165) is 48.4 Å². The van der Waals surface area contributed by atoms with Crippen LogP contribution < -0.4 is 15.2 Å². The molecule has 1 saturated heterocycles. The van der Waals surface area contributed by atoms with E-state index in [1.165, 1.54) is 17.0 Å². The molecule has 1 aromatic heterocycles. The number of fused-ring (bicyclic) bond motifs is 1. The highest BCUT2D eigenvalue weighted by atomic mass is 19.1. The zero-order valence-corrected chi connectivity index (χ0v) is 21.7. The number of rotatable bonds is 6. The van der Waals surface area contributed by atoms with E-state index in [1.54, 1.807) is 25.3 Å². The molecule has 2 heterocycles. The number of para-hydroxylation sites is 1. The van der Waals surface area contributed by atoms with E-state index < -0.39 is 0 Å². The maximum absolute atomic E-state index is 14.9. The van der Waals surface area contributed by atoms with Gasteiger partial charge in [0.25, 0.3) is 5.56 Å². The van der Waals surface area contributed by atoms with Crippen LogP contribution in [-0.4, -0.2) is 36.1 Å². The second-order valence-corrected chi connectivity index (χ2v) is 9.78. The quantitative estimate of drug-likeness (QED) is 0.300.